The molecule has 1 atom stereocenters. The maximum Gasteiger partial charge on any atom is 0.138 e. The van der Waals surface area contributed by atoms with Crippen LogP contribution < -0.4 is 0 Å². The van der Waals surface area contributed by atoms with Crippen LogP contribution in [0.3, 0.4) is 0 Å². The molecule has 1 aliphatic rings. The maximum absolute atomic E-state index is 6.18. The first kappa shape index (κ1) is 12.9. The van der Waals surface area contributed by atoms with Crippen molar-refractivity contribution in [3.63, 3.8) is 0 Å². The highest BCUT2D eigenvalue weighted by Gasteiger charge is 2.27. The van der Waals surface area contributed by atoms with Gasteiger partial charge < -0.3 is 0 Å². The molecule has 1 unspecified atom stereocenters. The van der Waals surface area contributed by atoms with Crippen LogP contribution in [0, 0.1) is 0 Å². The molecule has 4 heteroatoms. The van der Waals surface area contributed by atoms with E-state index in [2.05, 4.69) is 29.9 Å². The minimum Gasteiger partial charge on any atom is -0.298 e. The second kappa shape index (κ2) is 5.14. The van der Waals surface area contributed by atoms with Crippen LogP contribution >= 0.6 is 11.6 Å². The maximum atomic E-state index is 6.18. The molecule has 0 spiro atoms. The zero-order chi connectivity index (χ0) is 13.4. The van der Waals surface area contributed by atoms with Crippen LogP contribution in [0.2, 0.25) is 5.15 Å². The third-order valence-corrected chi connectivity index (χ3v) is 4.33. The predicted molar refractivity (Wildman–Crippen MR) is 78.8 cm³/mol. The lowest BCUT2D eigenvalue weighted by Gasteiger charge is -2.27. The quantitative estimate of drug-likeness (QED) is 0.802. The first-order chi connectivity index (χ1) is 9.15. The van der Waals surface area contributed by atoms with E-state index in [4.69, 9.17) is 11.6 Å². The van der Waals surface area contributed by atoms with E-state index in [-0.39, 0.29) is 0 Å². The Balaban J connectivity index is 1.83. The van der Waals surface area contributed by atoms with Crippen LogP contribution in [-0.2, 0) is 6.42 Å². The summed E-state index contributed by atoms with van der Waals surface area (Å²) in [5.74, 6) is 0. The number of nitrogens with zero attached hydrogens (tertiary/aromatic N) is 3. The standard InChI is InChI=1S/C15H20ClN3/c1-11(2)18-8-4-5-13(18)9-12-10-19-14(16)6-3-7-15(19)17-12/h3,6-7,10-11,13H,4-5,8-9H2,1-2H3. The van der Waals surface area contributed by atoms with E-state index in [1.54, 1.807) is 0 Å². The number of fused-ring (bicyclic) bond motifs is 1. The summed E-state index contributed by atoms with van der Waals surface area (Å²) >= 11 is 6.18. The van der Waals surface area contributed by atoms with Gasteiger partial charge in [-0.15, -0.1) is 0 Å². The monoisotopic (exact) mass is 277 g/mol. The van der Waals surface area contributed by atoms with E-state index >= 15 is 0 Å². The van der Waals surface area contributed by atoms with Crippen LogP contribution in [0.4, 0.5) is 0 Å². The summed E-state index contributed by atoms with van der Waals surface area (Å²) in [4.78, 5) is 7.27. The Morgan fingerprint density at radius 1 is 1.42 bits per heavy atom. The zero-order valence-electron chi connectivity index (χ0n) is 11.5. The molecule has 1 aliphatic heterocycles. The molecular weight excluding hydrogens is 258 g/mol. The molecular formula is C15H20ClN3. The van der Waals surface area contributed by atoms with Gasteiger partial charge in [-0.3, -0.25) is 9.30 Å². The summed E-state index contributed by atoms with van der Waals surface area (Å²) in [7, 11) is 0. The number of rotatable bonds is 3. The van der Waals surface area contributed by atoms with Crippen molar-refractivity contribution in [2.45, 2.75) is 45.2 Å². The number of hydrogen-bond donors (Lipinski definition) is 0. The van der Waals surface area contributed by atoms with Crippen molar-refractivity contribution in [3.05, 3.63) is 35.2 Å². The summed E-state index contributed by atoms with van der Waals surface area (Å²) < 4.78 is 1.96. The number of imidazole rings is 1. The number of halogens is 1. The van der Waals surface area contributed by atoms with E-state index in [9.17, 15) is 0 Å². The molecule has 0 aromatic carbocycles. The highest BCUT2D eigenvalue weighted by molar-refractivity contribution is 6.29. The van der Waals surface area contributed by atoms with Gasteiger partial charge in [0.05, 0.1) is 5.69 Å². The Bertz CT molecular complexity index is 576. The number of pyridine rings is 1. The summed E-state index contributed by atoms with van der Waals surface area (Å²) in [5.41, 5.74) is 2.09. The molecule has 1 fully saturated rings. The van der Waals surface area contributed by atoms with Gasteiger partial charge in [0.15, 0.2) is 0 Å². The van der Waals surface area contributed by atoms with Crippen molar-refractivity contribution in [1.82, 2.24) is 14.3 Å². The highest BCUT2D eigenvalue weighted by Crippen LogP contribution is 2.23. The van der Waals surface area contributed by atoms with Gasteiger partial charge in [0, 0.05) is 24.7 Å². The molecule has 0 amide bonds. The van der Waals surface area contributed by atoms with Gasteiger partial charge in [-0.25, -0.2) is 4.98 Å². The third-order valence-electron chi connectivity index (χ3n) is 4.02. The van der Waals surface area contributed by atoms with Gasteiger partial charge in [-0.1, -0.05) is 17.7 Å². The first-order valence-electron chi connectivity index (χ1n) is 7.03. The molecule has 1 saturated heterocycles. The fourth-order valence-electron chi connectivity index (χ4n) is 3.12. The topological polar surface area (TPSA) is 20.5 Å². The van der Waals surface area contributed by atoms with Crippen LogP contribution in [0.25, 0.3) is 5.65 Å². The fraction of sp³-hybridized carbons (Fsp3) is 0.533. The Morgan fingerprint density at radius 2 is 2.26 bits per heavy atom. The molecule has 0 saturated carbocycles. The lowest BCUT2D eigenvalue weighted by Crippen LogP contribution is -2.36. The van der Waals surface area contributed by atoms with Crippen LogP contribution in [0.15, 0.2) is 24.4 Å². The summed E-state index contributed by atoms with van der Waals surface area (Å²) in [6, 6.07) is 7.10. The molecule has 0 N–H and O–H groups in total. The van der Waals surface area contributed by atoms with Gasteiger partial charge in [-0.05, 0) is 45.4 Å². The van der Waals surface area contributed by atoms with Gasteiger partial charge in [0.2, 0.25) is 0 Å². The van der Waals surface area contributed by atoms with Crippen LogP contribution in [0.1, 0.15) is 32.4 Å². The van der Waals surface area contributed by atoms with E-state index in [1.807, 2.05) is 22.6 Å². The summed E-state index contributed by atoms with van der Waals surface area (Å²) in [6.45, 7) is 5.77. The second-order valence-corrected chi connectivity index (χ2v) is 6.03. The highest BCUT2D eigenvalue weighted by atomic mass is 35.5. The minimum atomic E-state index is 0.619. The lowest BCUT2D eigenvalue weighted by molar-refractivity contribution is 0.202. The van der Waals surface area contributed by atoms with E-state index in [1.165, 1.54) is 19.4 Å². The Hall–Kier alpha value is -1.06. The normalized spacial score (nSPS) is 20.7. The van der Waals surface area contributed by atoms with Crippen LogP contribution in [-0.4, -0.2) is 32.9 Å². The Morgan fingerprint density at radius 3 is 3.00 bits per heavy atom. The molecule has 19 heavy (non-hydrogen) atoms. The molecule has 0 bridgehead atoms. The molecule has 3 rings (SSSR count). The average molecular weight is 278 g/mol. The summed E-state index contributed by atoms with van der Waals surface area (Å²) in [6.07, 6.45) is 5.68. The first-order valence-corrected chi connectivity index (χ1v) is 7.41. The van der Waals surface area contributed by atoms with Crippen molar-refractivity contribution in [3.8, 4) is 0 Å². The van der Waals surface area contributed by atoms with E-state index < -0.39 is 0 Å². The van der Waals surface area contributed by atoms with Gasteiger partial charge in [0.25, 0.3) is 0 Å². The SMILES string of the molecule is CC(C)N1CCCC1Cc1cn2c(Cl)cccc2n1. The predicted octanol–water partition coefficient (Wildman–Crippen LogP) is 3.40. The largest absolute Gasteiger partial charge is 0.298 e. The Kier molecular flexibility index (Phi) is 3.50. The zero-order valence-corrected chi connectivity index (χ0v) is 12.3. The average Bonchev–Trinajstić information content (AvgIpc) is 2.96. The summed E-state index contributed by atoms with van der Waals surface area (Å²) in [5, 5.41) is 0.725. The van der Waals surface area contributed by atoms with Crippen molar-refractivity contribution in [2.24, 2.45) is 0 Å². The number of aromatic nitrogens is 2. The van der Waals surface area contributed by atoms with E-state index in [0.717, 1.165) is 22.9 Å². The molecule has 3 heterocycles. The molecule has 0 radical (unpaired) electrons. The van der Waals surface area contributed by atoms with Crippen molar-refractivity contribution in [2.75, 3.05) is 6.54 Å². The molecule has 0 aliphatic carbocycles. The fourth-order valence-corrected chi connectivity index (χ4v) is 3.33. The number of likely N-dealkylation sites (tertiary alicyclic amines) is 1. The Labute approximate surface area is 119 Å². The number of hydrogen-bond acceptors (Lipinski definition) is 2. The molecule has 2 aromatic heterocycles. The smallest absolute Gasteiger partial charge is 0.138 e. The molecule has 2 aromatic rings. The van der Waals surface area contributed by atoms with E-state index in [0.29, 0.717) is 12.1 Å². The van der Waals surface area contributed by atoms with Crippen LogP contribution in [0.5, 0.6) is 0 Å². The minimum absolute atomic E-state index is 0.619. The third kappa shape index (κ3) is 2.49. The van der Waals surface area contributed by atoms with Gasteiger partial charge in [0.1, 0.15) is 10.8 Å². The van der Waals surface area contributed by atoms with Crippen molar-refractivity contribution < 1.29 is 0 Å². The molecule has 102 valence electrons. The van der Waals surface area contributed by atoms with Crippen molar-refractivity contribution >= 4 is 17.2 Å². The van der Waals surface area contributed by atoms with Crippen molar-refractivity contribution in [1.29, 1.82) is 0 Å². The van der Waals surface area contributed by atoms with Gasteiger partial charge >= 0.3 is 0 Å². The molecule has 3 nitrogen and oxygen atoms in total. The second-order valence-electron chi connectivity index (χ2n) is 5.64. The lowest BCUT2D eigenvalue weighted by atomic mass is 10.1. The van der Waals surface area contributed by atoms with Gasteiger partial charge in [-0.2, -0.15) is 0 Å².